The van der Waals surface area contributed by atoms with Crippen molar-refractivity contribution >= 4 is 23.6 Å². The SMILES string of the molecule is Nc1nc(COC(=O)CCc2cnn(-c3ccccc3)c2)nc(Nc2ccc(F)cc2)n1. The second-order valence-electron chi connectivity index (χ2n) is 6.85. The Balaban J connectivity index is 1.29. The van der Waals surface area contributed by atoms with E-state index in [-0.39, 0.29) is 36.6 Å². The number of aryl methyl sites for hydroxylation is 1. The first kappa shape index (κ1) is 20.9. The van der Waals surface area contributed by atoms with Gasteiger partial charge in [-0.15, -0.1) is 0 Å². The average molecular weight is 433 g/mol. The topological polar surface area (TPSA) is 121 Å². The molecule has 2 aromatic heterocycles. The molecule has 0 unspecified atom stereocenters. The van der Waals surface area contributed by atoms with Crippen molar-refractivity contribution in [3.05, 3.63) is 84.2 Å². The Morgan fingerprint density at radius 1 is 1.06 bits per heavy atom. The van der Waals surface area contributed by atoms with Crippen LogP contribution in [0.3, 0.4) is 0 Å². The molecule has 4 aromatic rings. The van der Waals surface area contributed by atoms with E-state index in [4.69, 9.17) is 10.5 Å². The number of benzene rings is 2. The van der Waals surface area contributed by atoms with Crippen molar-refractivity contribution in [3.8, 4) is 5.69 Å². The first-order chi connectivity index (χ1) is 15.5. The zero-order valence-electron chi connectivity index (χ0n) is 17.0. The van der Waals surface area contributed by atoms with Gasteiger partial charge in [0.2, 0.25) is 11.9 Å². The molecule has 0 aliphatic heterocycles. The molecule has 2 aromatic carbocycles. The third-order valence-corrected chi connectivity index (χ3v) is 4.44. The minimum atomic E-state index is -0.399. The minimum Gasteiger partial charge on any atom is -0.457 e. The van der Waals surface area contributed by atoms with Crippen LogP contribution in [0.25, 0.3) is 5.69 Å². The number of hydrogen-bond donors (Lipinski definition) is 2. The van der Waals surface area contributed by atoms with Crippen LogP contribution in [0.2, 0.25) is 0 Å². The first-order valence-corrected chi connectivity index (χ1v) is 9.83. The van der Waals surface area contributed by atoms with Gasteiger partial charge in [-0.2, -0.15) is 20.1 Å². The van der Waals surface area contributed by atoms with E-state index in [0.29, 0.717) is 12.1 Å². The van der Waals surface area contributed by atoms with Crippen LogP contribution < -0.4 is 11.1 Å². The van der Waals surface area contributed by atoms with Gasteiger partial charge >= 0.3 is 5.97 Å². The van der Waals surface area contributed by atoms with Gasteiger partial charge in [0.1, 0.15) is 5.82 Å². The van der Waals surface area contributed by atoms with E-state index >= 15 is 0 Å². The van der Waals surface area contributed by atoms with Gasteiger partial charge in [-0.3, -0.25) is 4.79 Å². The molecular weight excluding hydrogens is 413 g/mol. The fraction of sp³-hybridized carbons (Fsp3) is 0.136. The Hall–Kier alpha value is -4.34. The number of hydrogen-bond acceptors (Lipinski definition) is 8. The lowest BCUT2D eigenvalue weighted by Gasteiger charge is -2.08. The number of halogens is 1. The van der Waals surface area contributed by atoms with Gasteiger partial charge in [-0.25, -0.2) is 9.07 Å². The highest BCUT2D eigenvalue weighted by atomic mass is 19.1. The van der Waals surface area contributed by atoms with Crippen LogP contribution in [-0.4, -0.2) is 30.7 Å². The van der Waals surface area contributed by atoms with Gasteiger partial charge in [0.25, 0.3) is 0 Å². The lowest BCUT2D eigenvalue weighted by atomic mass is 10.2. The third kappa shape index (κ3) is 5.63. The van der Waals surface area contributed by atoms with Gasteiger partial charge in [-0.05, 0) is 48.4 Å². The molecule has 32 heavy (non-hydrogen) atoms. The van der Waals surface area contributed by atoms with E-state index in [1.807, 2.05) is 36.5 Å². The quantitative estimate of drug-likeness (QED) is 0.407. The first-order valence-electron chi connectivity index (χ1n) is 9.83. The number of carbonyl (C=O) groups is 1. The molecule has 0 atom stereocenters. The maximum atomic E-state index is 13.0. The summed E-state index contributed by atoms with van der Waals surface area (Å²) < 4.78 is 20.1. The number of ether oxygens (including phenoxy) is 1. The summed E-state index contributed by atoms with van der Waals surface area (Å²) in [7, 11) is 0. The second-order valence-corrected chi connectivity index (χ2v) is 6.85. The van der Waals surface area contributed by atoms with Crippen molar-refractivity contribution in [2.75, 3.05) is 11.1 Å². The van der Waals surface area contributed by atoms with Crippen molar-refractivity contribution in [3.63, 3.8) is 0 Å². The molecule has 0 bridgehead atoms. The van der Waals surface area contributed by atoms with E-state index < -0.39 is 5.97 Å². The lowest BCUT2D eigenvalue weighted by Crippen LogP contribution is -2.11. The summed E-state index contributed by atoms with van der Waals surface area (Å²) in [5, 5.41) is 7.22. The lowest BCUT2D eigenvalue weighted by molar-refractivity contribution is -0.145. The molecule has 0 aliphatic carbocycles. The molecule has 0 saturated heterocycles. The molecule has 0 amide bonds. The van der Waals surface area contributed by atoms with E-state index in [9.17, 15) is 9.18 Å². The third-order valence-electron chi connectivity index (χ3n) is 4.44. The second kappa shape index (κ2) is 9.65. The van der Waals surface area contributed by atoms with E-state index in [1.54, 1.807) is 10.9 Å². The van der Waals surface area contributed by atoms with Gasteiger partial charge in [0, 0.05) is 18.3 Å². The van der Waals surface area contributed by atoms with Crippen molar-refractivity contribution in [1.82, 2.24) is 24.7 Å². The van der Waals surface area contributed by atoms with E-state index in [0.717, 1.165) is 11.3 Å². The predicted molar refractivity (Wildman–Crippen MR) is 116 cm³/mol. The van der Waals surface area contributed by atoms with Crippen LogP contribution in [0.15, 0.2) is 67.0 Å². The minimum absolute atomic E-state index is 0.0241. The Morgan fingerprint density at radius 3 is 2.62 bits per heavy atom. The number of nitrogens with zero attached hydrogens (tertiary/aromatic N) is 5. The molecule has 2 heterocycles. The highest BCUT2D eigenvalue weighted by Gasteiger charge is 2.10. The summed E-state index contributed by atoms with van der Waals surface area (Å²) >= 11 is 0. The summed E-state index contributed by atoms with van der Waals surface area (Å²) in [5.74, 6) is -0.407. The molecule has 0 spiro atoms. The molecule has 0 radical (unpaired) electrons. The fourth-order valence-electron chi connectivity index (χ4n) is 2.90. The van der Waals surface area contributed by atoms with Crippen LogP contribution in [-0.2, 0) is 22.6 Å². The molecule has 0 saturated carbocycles. The Bertz CT molecular complexity index is 1200. The van der Waals surface area contributed by atoms with Crippen LogP contribution in [0.5, 0.6) is 0 Å². The van der Waals surface area contributed by atoms with E-state index in [1.165, 1.54) is 24.3 Å². The van der Waals surface area contributed by atoms with Gasteiger partial charge in [0.15, 0.2) is 12.4 Å². The number of esters is 1. The summed E-state index contributed by atoms with van der Waals surface area (Å²) in [6.07, 6.45) is 4.27. The molecule has 9 nitrogen and oxygen atoms in total. The van der Waals surface area contributed by atoms with Gasteiger partial charge < -0.3 is 15.8 Å². The van der Waals surface area contributed by atoms with Crippen molar-refractivity contribution in [1.29, 1.82) is 0 Å². The number of anilines is 3. The Kier molecular flexibility index (Phi) is 6.30. The van der Waals surface area contributed by atoms with Gasteiger partial charge in [0.05, 0.1) is 11.9 Å². The summed E-state index contributed by atoms with van der Waals surface area (Å²) in [5.41, 5.74) is 8.16. The van der Waals surface area contributed by atoms with Crippen molar-refractivity contribution in [2.45, 2.75) is 19.4 Å². The molecule has 0 aliphatic rings. The molecule has 4 rings (SSSR count). The molecule has 0 fully saturated rings. The van der Waals surface area contributed by atoms with Crippen LogP contribution in [0, 0.1) is 5.82 Å². The number of carbonyl (C=O) groups excluding carboxylic acids is 1. The normalized spacial score (nSPS) is 10.7. The smallest absolute Gasteiger partial charge is 0.306 e. The van der Waals surface area contributed by atoms with Crippen LogP contribution in [0.4, 0.5) is 22.0 Å². The standard InChI is InChI=1S/C22H20FN7O2/c23-16-7-9-17(10-8-16)26-22-28-19(27-21(24)29-22)14-32-20(31)11-6-15-12-25-30(13-15)18-4-2-1-3-5-18/h1-5,7-10,12-13H,6,11,14H2,(H3,24,26,27,28,29). The maximum Gasteiger partial charge on any atom is 0.306 e. The number of nitrogen functional groups attached to an aromatic ring is 1. The fourth-order valence-corrected chi connectivity index (χ4v) is 2.90. The van der Waals surface area contributed by atoms with Crippen molar-refractivity contribution < 1.29 is 13.9 Å². The molecule has 162 valence electrons. The molecule has 10 heteroatoms. The summed E-state index contributed by atoms with van der Waals surface area (Å²) in [4.78, 5) is 24.3. The highest BCUT2D eigenvalue weighted by molar-refractivity contribution is 5.69. The number of nitrogens with one attached hydrogen (secondary N) is 1. The molecule has 3 N–H and O–H groups in total. The summed E-state index contributed by atoms with van der Waals surface area (Å²) in [6, 6.07) is 15.4. The maximum absolute atomic E-state index is 13.0. The van der Waals surface area contributed by atoms with Crippen LogP contribution >= 0.6 is 0 Å². The average Bonchev–Trinajstić information content (AvgIpc) is 3.27. The highest BCUT2D eigenvalue weighted by Crippen LogP contribution is 2.15. The monoisotopic (exact) mass is 433 g/mol. The summed E-state index contributed by atoms with van der Waals surface area (Å²) in [6.45, 7) is -0.146. The Labute approximate surface area is 183 Å². The number of rotatable bonds is 8. The largest absolute Gasteiger partial charge is 0.457 e. The predicted octanol–water partition coefficient (Wildman–Crippen LogP) is 3.20. The van der Waals surface area contributed by atoms with E-state index in [2.05, 4.69) is 25.4 Å². The molecular formula is C22H20FN7O2. The number of para-hydroxylation sites is 1. The Morgan fingerprint density at radius 2 is 1.84 bits per heavy atom. The number of nitrogens with two attached hydrogens (primary N) is 1. The van der Waals surface area contributed by atoms with Crippen molar-refractivity contribution in [2.24, 2.45) is 0 Å². The number of aromatic nitrogens is 5. The van der Waals surface area contributed by atoms with Crippen LogP contribution in [0.1, 0.15) is 17.8 Å². The van der Waals surface area contributed by atoms with Gasteiger partial charge in [-0.1, -0.05) is 18.2 Å². The zero-order chi connectivity index (χ0) is 22.3. The zero-order valence-corrected chi connectivity index (χ0v) is 17.0.